The zero-order chi connectivity index (χ0) is 94.5. The molecule has 6 aromatic carbocycles. The number of pyridine rings is 6. The van der Waals surface area contributed by atoms with Gasteiger partial charge in [0.25, 0.3) is 0 Å². The van der Waals surface area contributed by atoms with Gasteiger partial charge in [-0.3, -0.25) is 0 Å². The van der Waals surface area contributed by atoms with Gasteiger partial charge in [0.15, 0.2) is 0 Å². The molecular weight excluding hydrogens is 1730 g/mol. The molecule has 0 unspecified atom stereocenters. The summed E-state index contributed by atoms with van der Waals surface area (Å²) in [5, 5.41) is 18.2. The van der Waals surface area contributed by atoms with Crippen molar-refractivity contribution < 1.29 is 98.3 Å². The zero-order valence-corrected chi connectivity index (χ0v) is 75.0. The van der Waals surface area contributed by atoms with E-state index in [1.807, 2.05) is 15.2 Å². The highest BCUT2D eigenvalue weighted by atomic mass is 35.5. The Morgan fingerprint density at radius 1 is 0.379 bits per heavy atom. The molecule has 0 aliphatic heterocycles. The summed E-state index contributed by atoms with van der Waals surface area (Å²) in [6, 6.07) is 46.5. The maximum atomic E-state index is 15.5. The number of hydrogen-bond acceptors (Lipinski definition) is 23. The van der Waals surface area contributed by atoms with E-state index in [2.05, 4.69) is 44.9 Å². The van der Waals surface area contributed by atoms with Crippen LogP contribution in [0.25, 0.3) is 66.9 Å². The van der Waals surface area contributed by atoms with E-state index >= 15 is 22.0 Å². The number of ether oxygens (including phenoxy) is 10. The van der Waals surface area contributed by atoms with Gasteiger partial charge < -0.3 is 71.3 Å². The van der Waals surface area contributed by atoms with E-state index in [-0.39, 0.29) is 112 Å². The largest absolute Gasteiger partial charge is 0.481 e. The second kappa shape index (κ2) is 44.4. The van der Waals surface area contributed by atoms with Crippen molar-refractivity contribution in [3.8, 4) is 63.2 Å². The molecule has 132 heavy (non-hydrogen) atoms. The number of aromatic nitrogens is 12. The zero-order valence-electron chi connectivity index (χ0n) is 74.3. The van der Waals surface area contributed by atoms with Crippen LogP contribution in [-0.4, -0.2) is 160 Å². The average Bonchev–Trinajstić information content (AvgIpc) is 1.62. The lowest BCUT2D eigenvalue weighted by Crippen LogP contribution is -2.23. The van der Waals surface area contributed by atoms with Gasteiger partial charge in [-0.05, 0) is 197 Å². The number of fused-ring (bicyclic) bond motifs is 3. The van der Waals surface area contributed by atoms with Gasteiger partial charge in [-0.2, -0.15) is 0 Å². The standard InChI is InChI=1S/C34H34F2N4O5.C30H26F2N4O5.C27H26ClF2N3O3.C7H9NO2/c1-34(2,3)45-33(41)22-10-11-28-29(16-22)40(13-14-42-4)30(38-28)17-23-15-26(36)24(18-25(23)35)27-7-6-8-32(39-27)44-20-21-9-12-31(43-5)37-19-21;1-39-11-10-36-26-13-19(30(37)38)7-8-25(26)34-27(36)14-20-12-23(32)21(15-22(20)31)24-4-3-5-29(35-24)41-17-18-6-9-28(40-2)33-16-18;1-27(2,3)36-26(34)16-8-9-22-23(13-16)33(10-11-35-4)25(32-22)14-17-12-20(30)18(15-19(17)29)21-6-5-7-24(28)31-21;1-10-7-3-2-6(5-9)4-8-7/h6-12,15-16,18-19H,13-14,17,20H2,1-5H3;3-9,12-13,15-16H,10-11,14,17H2,1-2H3,(H,37,38);5-9,12-13,15H,10-11,14H2,1-4H3;2-4,9H,5H2,1H3. The Bertz CT molecular complexity index is 6550. The third-order valence-corrected chi connectivity index (χ3v) is 20.2. The first-order chi connectivity index (χ1) is 63.3. The van der Waals surface area contributed by atoms with Gasteiger partial charge in [0.1, 0.15) is 81.9 Å². The predicted octanol–water partition coefficient (Wildman–Crippen LogP) is 18.7. The molecule has 15 rings (SSSR count). The number of methoxy groups -OCH3 is 6. The van der Waals surface area contributed by atoms with Crippen molar-refractivity contribution in [3.63, 3.8) is 0 Å². The fraction of sp³-hybridized carbons (Fsp3) is 0.265. The van der Waals surface area contributed by atoms with E-state index in [1.165, 1.54) is 26.4 Å². The van der Waals surface area contributed by atoms with Crippen LogP contribution in [0, 0.1) is 34.9 Å². The number of imidazole rings is 3. The second-order valence-electron chi connectivity index (χ2n) is 31.7. The van der Waals surface area contributed by atoms with Crippen molar-refractivity contribution in [1.82, 2.24) is 58.6 Å². The molecule has 2 N–H and O–H groups in total. The number of carboxylic acids is 1. The van der Waals surface area contributed by atoms with Gasteiger partial charge in [-0.25, -0.2) is 85.6 Å². The molecule has 15 aromatic rings. The van der Waals surface area contributed by atoms with E-state index in [1.54, 1.807) is 221 Å². The van der Waals surface area contributed by atoms with Crippen molar-refractivity contribution in [3.05, 3.63) is 308 Å². The number of carbonyl (C=O) groups is 3. The molecule has 0 fully saturated rings. The normalized spacial score (nSPS) is 11.3. The van der Waals surface area contributed by atoms with Crippen molar-refractivity contribution >= 4 is 62.6 Å². The number of carboxylic acid groups (broad SMARTS) is 1. The molecule has 27 nitrogen and oxygen atoms in total. The predicted molar refractivity (Wildman–Crippen MR) is 481 cm³/mol. The minimum absolute atomic E-state index is 0.00250. The topological polar surface area (TPSA) is 315 Å². The van der Waals surface area contributed by atoms with Crippen LogP contribution in [0.5, 0.6) is 29.4 Å². The summed E-state index contributed by atoms with van der Waals surface area (Å²) in [7, 11) is 9.30. The molecule has 9 heterocycles. The summed E-state index contributed by atoms with van der Waals surface area (Å²) < 4.78 is 150. The fourth-order valence-corrected chi connectivity index (χ4v) is 13.7. The van der Waals surface area contributed by atoms with Crippen LogP contribution in [0.15, 0.2) is 201 Å². The Morgan fingerprint density at radius 2 is 0.712 bits per heavy atom. The first-order valence-corrected chi connectivity index (χ1v) is 41.7. The van der Waals surface area contributed by atoms with Crippen molar-refractivity contribution in [2.45, 2.75) is 111 Å². The number of carbonyl (C=O) groups excluding carboxylic acids is 2. The summed E-state index contributed by atoms with van der Waals surface area (Å²) in [4.78, 5) is 75.6. The van der Waals surface area contributed by atoms with Gasteiger partial charge in [-0.1, -0.05) is 29.8 Å². The van der Waals surface area contributed by atoms with Crippen LogP contribution in [-0.2, 0) is 82.4 Å². The highest BCUT2D eigenvalue weighted by molar-refractivity contribution is 6.29. The van der Waals surface area contributed by atoms with Gasteiger partial charge in [0, 0.05) is 137 Å². The van der Waals surface area contributed by atoms with Crippen molar-refractivity contribution in [2.24, 2.45) is 0 Å². The number of aromatic carboxylic acids is 1. The van der Waals surface area contributed by atoms with Crippen LogP contribution in [0.1, 0.15) is 123 Å². The van der Waals surface area contributed by atoms with Crippen LogP contribution >= 0.6 is 11.6 Å². The maximum absolute atomic E-state index is 15.5. The molecule has 686 valence electrons. The number of nitrogens with zero attached hydrogens (tertiary/aromatic N) is 12. The number of rotatable bonds is 31. The first kappa shape index (κ1) is 96.8. The van der Waals surface area contributed by atoms with Crippen LogP contribution in [0.4, 0.5) is 26.3 Å². The molecule has 0 aliphatic carbocycles. The van der Waals surface area contributed by atoms with Crippen molar-refractivity contribution in [2.75, 3.05) is 62.5 Å². The SMILES string of the molecule is COCCn1c(Cc2cc(F)c(-c3cccc(Cl)n3)cc2F)nc2ccc(C(=O)OC(C)(C)C)cc21.COCCn1c(Cc2cc(F)c(-c3cccc(OCc4ccc(OC)nc4)n3)cc2F)nc2ccc(C(=O)O)cc21.COCCn1c(Cc2cc(F)c(-c3cccc(OCc4ccc(OC)nc4)n3)cc2F)nc2ccc(C(=O)OC(C)(C)C)cc21.COc1ccc(CO)cn1. The molecule has 0 amide bonds. The highest BCUT2D eigenvalue weighted by Gasteiger charge is 2.27. The van der Waals surface area contributed by atoms with E-state index < -0.39 is 64.0 Å². The molecule has 34 heteroatoms. The van der Waals surface area contributed by atoms with Gasteiger partial charge >= 0.3 is 17.9 Å². The Balaban J connectivity index is 0.000000170. The Hall–Kier alpha value is -14.3. The van der Waals surface area contributed by atoms with Crippen LogP contribution in [0.3, 0.4) is 0 Å². The molecule has 0 aliphatic rings. The molecular formula is C98H95ClF6N12O15. The second-order valence-corrected chi connectivity index (χ2v) is 32.1. The van der Waals surface area contributed by atoms with Crippen LogP contribution in [0.2, 0.25) is 5.15 Å². The molecule has 0 spiro atoms. The quantitative estimate of drug-likeness (QED) is 0.0232. The summed E-state index contributed by atoms with van der Waals surface area (Å²) >= 11 is 5.91. The molecule has 0 radical (unpaired) electrons. The first-order valence-electron chi connectivity index (χ1n) is 41.3. The Morgan fingerprint density at radius 3 is 1.02 bits per heavy atom. The summed E-state index contributed by atoms with van der Waals surface area (Å²) in [5.41, 5.74) is 6.65. The monoisotopic (exact) mass is 1830 g/mol. The van der Waals surface area contributed by atoms with E-state index in [4.69, 9.17) is 64.1 Å². The molecule has 0 atom stereocenters. The number of benzene rings is 6. The number of hydrogen-bond donors (Lipinski definition) is 2. The Kier molecular flexibility index (Phi) is 32.5. The lowest BCUT2D eigenvalue weighted by molar-refractivity contribution is 0.00571. The van der Waals surface area contributed by atoms with Crippen LogP contribution < -0.4 is 23.7 Å². The minimum atomic E-state index is -1.07. The average molecular weight is 1830 g/mol. The number of esters is 2. The lowest BCUT2D eigenvalue weighted by atomic mass is 10.0. The minimum Gasteiger partial charge on any atom is -0.481 e. The van der Waals surface area contributed by atoms with Crippen molar-refractivity contribution in [1.29, 1.82) is 0 Å². The van der Waals surface area contributed by atoms with E-state index in [0.29, 0.717) is 119 Å². The number of aliphatic hydroxyl groups is 1. The molecule has 0 saturated heterocycles. The fourth-order valence-electron chi connectivity index (χ4n) is 13.6. The summed E-state index contributed by atoms with van der Waals surface area (Å²) in [5.74, 6) is -2.24. The molecule has 9 aromatic heterocycles. The van der Waals surface area contributed by atoms with E-state index in [0.717, 1.165) is 53.1 Å². The third-order valence-electron chi connectivity index (χ3n) is 20.0. The van der Waals surface area contributed by atoms with Gasteiger partial charge in [0.05, 0.1) is 115 Å². The van der Waals surface area contributed by atoms with Gasteiger partial charge in [-0.15, -0.1) is 0 Å². The molecule has 0 saturated carbocycles. The highest BCUT2D eigenvalue weighted by Crippen LogP contribution is 2.34. The number of aliphatic hydroxyl groups excluding tert-OH is 1. The third kappa shape index (κ3) is 25.4. The smallest absolute Gasteiger partial charge is 0.338 e. The Labute approximate surface area is 760 Å². The summed E-state index contributed by atoms with van der Waals surface area (Å²) in [6.07, 6.45) is 4.85. The lowest BCUT2D eigenvalue weighted by Gasteiger charge is -2.19. The van der Waals surface area contributed by atoms with E-state index in [9.17, 15) is 23.9 Å². The van der Waals surface area contributed by atoms with Gasteiger partial charge in [0.2, 0.25) is 29.4 Å². The molecule has 0 bridgehead atoms. The number of halogens is 7. The summed E-state index contributed by atoms with van der Waals surface area (Å²) in [6.45, 7) is 13.4. The maximum Gasteiger partial charge on any atom is 0.338 e.